The van der Waals surface area contributed by atoms with Crippen LogP contribution in [0.4, 0.5) is 0 Å². The molecule has 0 saturated carbocycles. The van der Waals surface area contributed by atoms with E-state index in [1.807, 2.05) is 48.8 Å². The third kappa shape index (κ3) is 4.65. The van der Waals surface area contributed by atoms with Gasteiger partial charge in [-0.25, -0.2) is 0 Å². The number of rotatable bonds is 6. The van der Waals surface area contributed by atoms with Crippen molar-refractivity contribution in [1.29, 1.82) is 0 Å². The third-order valence-corrected chi connectivity index (χ3v) is 4.64. The first-order valence-electron chi connectivity index (χ1n) is 8.77. The van der Waals surface area contributed by atoms with Gasteiger partial charge in [0.25, 0.3) is 0 Å². The van der Waals surface area contributed by atoms with E-state index in [1.54, 1.807) is 0 Å². The zero-order valence-corrected chi connectivity index (χ0v) is 14.0. The number of likely N-dealkylation sites (tertiary alicyclic amines) is 1. The lowest BCUT2D eigenvalue weighted by atomic mass is 9.96. The minimum absolute atomic E-state index is 0.120. The molecular weight excluding hydrogens is 298 g/mol. The van der Waals surface area contributed by atoms with Crippen molar-refractivity contribution < 1.29 is 4.79 Å². The van der Waals surface area contributed by atoms with Gasteiger partial charge in [0.1, 0.15) is 0 Å². The van der Waals surface area contributed by atoms with Gasteiger partial charge in [-0.15, -0.1) is 0 Å². The maximum atomic E-state index is 12.2. The molecule has 1 aromatic heterocycles. The van der Waals surface area contributed by atoms with E-state index in [2.05, 4.69) is 21.3 Å². The van der Waals surface area contributed by atoms with E-state index in [-0.39, 0.29) is 5.91 Å². The summed E-state index contributed by atoms with van der Waals surface area (Å²) >= 11 is 0. The van der Waals surface area contributed by atoms with E-state index < -0.39 is 0 Å². The van der Waals surface area contributed by atoms with Gasteiger partial charge in [0.2, 0.25) is 5.91 Å². The zero-order chi connectivity index (χ0) is 16.6. The van der Waals surface area contributed by atoms with E-state index in [9.17, 15) is 4.79 Å². The molecule has 1 aliphatic heterocycles. The lowest BCUT2D eigenvalue weighted by molar-refractivity contribution is -0.121. The highest BCUT2D eigenvalue weighted by Crippen LogP contribution is 2.30. The van der Waals surface area contributed by atoms with E-state index >= 15 is 0 Å². The summed E-state index contributed by atoms with van der Waals surface area (Å²) in [7, 11) is 0. The zero-order valence-electron chi connectivity index (χ0n) is 14.0. The number of nitrogens with one attached hydrogen (secondary N) is 1. The molecule has 1 fully saturated rings. The van der Waals surface area contributed by atoms with Crippen molar-refractivity contribution in [2.24, 2.45) is 0 Å². The Hall–Kier alpha value is -2.20. The second-order valence-corrected chi connectivity index (χ2v) is 6.35. The van der Waals surface area contributed by atoms with Crippen LogP contribution in [-0.4, -0.2) is 28.9 Å². The molecule has 4 nitrogen and oxygen atoms in total. The summed E-state index contributed by atoms with van der Waals surface area (Å²) in [6.07, 6.45) is 7.92. The fraction of sp³-hybridized carbons (Fsp3) is 0.400. The van der Waals surface area contributed by atoms with Crippen LogP contribution in [0.25, 0.3) is 0 Å². The second kappa shape index (κ2) is 8.60. The molecule has 3 rings (SSSR count). The van der Waals surface area contributed by atoms with Gasteiger partial charge in [0.05, 0.1) is 0 Å². The summed E-state index contributed by atoms with van der Waals surface area (Å²) in [6, 6.07) is 14.6. The van der Waals surface area contributed by atoms with Gasteiger partial charge in [-0.2, -0.15) is 0 Å². The molecule has 1 N–H and O–H groups in total. The Morgan fingerprint density at radius 2 is 2.04 bits per heavy atom. The number of hydrogen-bond donors (Lipinski definition) is 1. The Morgan fingerprint density at radius 3 is 2.83 bits per heavy atom. The third-order valence-electron chi connectivity index (χ3n) is 4.64. The van der Waals surface area contributed by atoms with Crippen LogP contribution < -0.4 is 5.32 Å². The van der Waals surface area contributed by atoms with Crippen molar-refractivity contribution in [2.45, 2.75) is 38.3 Å². The van der Waals surface area contributed by atoms with Crippen molar-refractivity contribution in [1.82, 2.24) is 15.2 Å². The molecule has 1 saturated heterocycles. The summed E-state index contributed by atoms with van der Waals surface area (Å²) in [5.41, 5.74) is 2.40. The number of piperidine rings is 1. The largest absolute Gasteiger partial charge is 0.352 e. The molecule has 24 heavy (non-hydrogen) atoms. The van der Waals surface area contributed by atoms with Gasteiger partial charge in [-0.3, -0.25) is 14.7 Å². The first-order chi connectivity index (χ1) is 11.8. The van der Waals surface area contributed by atoms with Crippen molar-refractivity contribution in [2.75, 3.05) is 13.1 Å². The molecule has 2 aromatic rings. The van der Waals surface area contributed by atoms with Gasteiger partial charge < -0.3 is 5.32 Å². The average molecular weight is 323 g/mol. The van der Waals surface area contributed by atoms with E-state index in [0.717, 1.165) is 25.1 Å². The van der Waals surface area contributed by atoms with Crippen LogP contribution in [0.3, 0.4) is 0 Å². The molecule has 1 aromatic carbocycles. The van der Waals surface area contributed by atoms with Gasteiger partial charge in [0.15, 0.2) is 0 Å². The monoisotopic (exact) mass is 323 g/mol. The Morgan fingerprint density at radius 1 is 1.17 bits per heavy atom. The topological polar surface area (TPSA) is 45.2 Å². The normalized spacial score (nSPS) is 18.2. The maximum absolute atomic E-state index is 12.2. The van der Waals surface area contributed by atoms with Crippen molar-refractivity contribution >= 4 is 5.91 Å². The SMILES string of the molecule is O=C(CCN1CCCCC1c1cccnc1)NCc1ccccc1. The number of carbonyl (C=O) groups is 1. The number of nitrogens with zero attached hydrogens (tertiary/aromatic N) is 2. The highest BCUT2D eigenvalue weighted by atomic mass is 16.1. The first-order valence-corrected chi connectivity index (χ1v) is 8.77. The Balaban J connectivity index is 1.49. The highest BCUT2D eigenvalue weighted by molar-refractivity contribution is 5.76. The van der Waals surface area contributed by atoms with Crippen LogP contribution in [0.1, 0.15) is 42.9 Å². The Kier molecular flexibility index (Phi) is 5.96. The molecule has 0 aliphatic carbocycles. The molecule has 2 heterocycles. The number of amides is 1. The minimum Gasteiger partial charge on any atom is -0.352 e. The second-order valence-electron chi connectivity index (χ2n) is 6.35. The molecule has 1 amide bonds. The maximum Gasteiger partial charge on any atom is 0.221 e. The molecular formula is C20H25N3O. The molecule has 1 aliphatic rings. The number of hydrogen-bond acceptors (Lipinski definition) is 3. The van der Waals surface area contributed by atoms with Crippen LogP contribution in [0.5, 0.6) is 0 Å². The fourth-order valence-corrected chi connectivity index (χ4v) is 3.34. The predicted molar refractivity (Wildman–Crippen MR) is 95.3 cm³/mol. The van der Waals surface area contributed by atoms with E-state index in [1.165, 1.54) is 18.4 Å². The molecule has 1 atom stereocenters. The van der Waals surface area contributed by atoms with Crippen LogP contribution in [0, 0.1) is 0 Å². The minimum atomic E-state index is 0.120. The summed E-state index contributed by atoms with van der Waals surface area (Å²) < 4.78 is 0. The summed E-state index contributed by atoms with van der Waals surface area (Å²) in [5, 5.41) is 3.02. The smallest absolute Gasteiger partial charge is 0.221 e. The van der Waals surface area contributed by atoms with Gasteiger partial charge in [-0.1, -0.05) is 42.8 Å². The van der Waals surface area contributed by atoms with Crippen LogP contribution in [0.15, 0.2) is 54.9 Å². The summed E-state index contributed by atoms with van der Waals surface area (Å²) in [6.45, 7) is 2.47. The standard InChI is InChI=1S/C20H25N3O/c24-20(22-15-17-7-2-1-3-8-17)11-14-23-13-5-4-10-19(23)18-9-6-12-21-16-18/h1-3,6-9,12,16,19H,4-5,10-11,13-15H2,(H,22,24). The first kappa shape index (κ1) is 16.7. The number of aromatic nitrogens is 1. The molecule has 0 radical (unpaired) electrons. The highest BCUT2D eigenvalue weighted by Gasteiger charge is 2.24. The van der Waals surface area contributed by atoms with Crippen LogP contribution in [0.2, 0.25) is 0 Å². The molecule has 126 valence electrons. The van der Waals surface area contributed by atoms with Crippen molar-refractivity contribution in [3.63, 3.8) is 0 Å². The number of carbonyl (C=O) groups excluding carboxylic acids is 1. The molecule has 4 heteroatoms. The lowest BCUT2D eigenvalue weighted by Gasteiger charge is -2.35. The van der Waals surface area contributed by atoms with Crippen LogP contribution in [-0.2, 0) is 11.3 Å². The molecule has 1 unspecified atom stereocenters. The Labute approximate surface area is 143 Å². The average Bonchev–Trinajstić information content (AvgIpc) is 2.66. The number of benzene rings is 1. The lowest BCUT2D eigenvalue weighted by Crippen LogP contribution is -2.36. The van der Waals surface area contributed by atoms with E-state index in [4.69, 9.17) is 0 Å². The van der Waals surface area contributed by atoms with Gasteiger partial charge in [0, 0.05) is 37.9 Å². The van der Waals surface area contributed by atoms with E-state index in [0.29, 0.717) is 19.0 Å². The molecule has 0 bridgehead atoms. The van der Waals surface area contributed by atoms with Crippen molar-refractivity contribution in [3.05, 3.63) is 66.0 Å². The Bertz CT molecular complexity index is 630. The number of pyridine rings is 1. The van der Waals surface area contributed by atoms with Gasteiger partial charge >= 0.3 is 0 Å². The summed E-state index contributed by atoms with van der Waals surface area (Å²) in [4.78, 5) is 18.8. The predicted octanol–water partition coefficient (Wildman–Crippen LogP) is 3.32. The van der Waals surface area contributed by atoms with Crippen LogP contribution >= 0.6 is 0 Å². The molecule has 0 spiro atoms. The quantitative estimate of drug-likeness (QED) is 0.887. The van der Waals surface area contributed by atoms with Crippen molar-refractivity contribution in [3.8, 4) is 0 Å². The fourth-order valence-electron chi connectivity index (χ4n) is 3.34. The van der Waals surface area contributed by atoms with Gasteiger partial charge in [-0.05, 0) is 36.6 Å². The summed E-state index contributed by atoms with van der Waals surface area (Å²) in [5.74, 6) is 0.120.